The van der Waals surface area contributed by atoms with Crippen LogP contribution in [0.5, 0.6) is 0 Å². The standard InChI is InChI=1S/C11H18O4/c1-10(2)7(8(12)13)5-6-11(10,3)9(14)15-4/h7H,5-6H2,1-4H3,(H,12,13)/p-1/t7-,11-/m1/s1. The Morgan fingerprint density at radius 3 is 2.20 bits per heavy atom. The van der Waals surface area contributed by atoms with Crippen molar-refractivity contribution < 1.29 is 19.4 Å². The molecule has 2 atom stereocenters. The van der Waals surface area contributed by atoms with E-state index in [9.17, 15) is 14.7 Å². The van der Waals surface area contributed by atoms with Crippen LogP contribution in [0, 0.1) is 16.7 Å². The zero-order chi connectivity index (χ0) is 11.9. The highest BCUT2D eigenvalue weighted by Gasteiger charge is 2.56. The Morgan fingerprint density at radius 1 is 1.33 bits per heavy atom. The van der Waals surface area contributed by atoms with E-state index in [4.69, 9.17) is 4.74 Å². The largest absolute Gasteiger partial charge is 0.550 e. The number of carbonyl (C=O) groups is 2. The minimum absolute atomic E-state index is 0.337. The van der Waals surface area contributed by atoms with E-state index >= 15 is 0 Å². The molecule has 0 spiro atoms. The number of hydrogen-bond donors (Lipinski definition) is 0. The Balaban J connectivity index is 3.06. The Bertz CT molecular complexity index is 295. The summed E-state index contributed by atoms with van der Waals surface area (Å²) in [5.74, 6) is -1.99. The molecule has 4 heteroatoms. The van der Waals surface area contributed by atoms with Gasteiger partial charge in [-0.15, -0.1) is 0 Å². The molecular formula is C11H17O4-. The minimum Gasteiger partial charge on any atom is -0.550 e. The molecule has 0 amide bonds. The quantitative estimate of drug-likeness (QED) is 0.621. The fourth-order valence-electron chi connectivity index (χ4n) is 2.50. The molecule has 0 unspecified atom stereocenters. The minimum atomic E-state index is -1.08. The number of aliphatic carboxylic acids is 1. The fraction of sp³-hybridized carbons (Fsp3) is 0.818. The van der Waals surface area contributed by atoms with Crippen molar-refractivity contribution in [3.8, 4) is 0 Å². The average molecular weight is 213 g/mol. The van der Waals surface area contributed by atoms with Crippen LogP contribution >= 0.6 is 0 Å². The van der Waals surface area contributed by atoms with Crippen LogP contribution in [-0.2, 0) is 14.3 Å². The molecule has 1 aliphatic carbocycles. The van der Waals surface area contributed by atoms with Crippen LogP contribution in [0.4, 0.5) is 0 Å². The number of hydrogen-bond acceptors (Lipinski definition) is 4. The lowest BCUT2D eigenvalue weighted by Crippen LogP contribution is -2.46. The molecular weight excluding hydrogens is 196 g/mol. The summed E-state index contributed by atoms with van der Waals surface area (Å²) in [5, 5.41) is 11.0. The van der Waals surface area contributed by atoms with Gasteiger partial charge < -0.3 is 14.6 Å². The third-order valence-electron chi connectivity index (χ3n) is 4.15. The number of carbonyl (C=O) groups excluding carboxylic acids is 2. The Morgan fingerprint density at radius 2 is 1.87 bits per heavy atom. The Hall–Kier alpha value is -1.06. The second-order valence-electron chi connectivity index (χ2n) is 4.96. The Labute approximate surface area is 89.6 Å². The van der Waals surface area contributed by atoms with Crippen LogP contribution in [0.25, 0.3) is 0 Å². The van der Waals surface area contributed by atoms with Crippen LogP contribution in [0.2, 0.25) is 0 Å². The molecule has 1 aliphatic rings. The van der Waals surface area contributed by atoms with Gasteiger partial charge >= 0.3 is 5.97 Å². The van der Waals surface area contributed by atoms with Gasteiger partial charge in [-0.05, 0) is 25.2 Å². The molecule has 0 radical (unpaired) electrons. The summed E-state index contributed by atoms with van der Waals surface area (Å²) in [7, 11) is 1.33. The molecule has 0 aromatic rings. The molecule has 1 rings (SSSR count). The molecule has 0 aromatic carbocycles. The molecule has 1 fully saturated rings. The summed E-state index contributed by atoms with van der Waals surface area (Å²) < 4.78 is 4.75. The van der Waals surface area contributed by atoms with Crippen molar-refractivity contribution in [2.24, 2.45) is 16.7 Å². The van der Waals surface area contributed by atoms with Crippen LogP contribution < -0.4 is 5.11 Å². The zero-order valence-corrected chi connectivity index (χ0v) is 9.62. The van der Waals surface area contributed by atoms with Gasteiger partial charge in [-0.25, -0.2) is 0 Å². The van der Waals surface area contributed by atoms with E-state index < -0.39 is 22.7 Å². The third-order valence-corrected chi connectivity index (χ3v) is 4.15. The van der Waals surface area contributed by atoms with E-state index in [0.717, 1.165) is 0 Å². The van der Waals surface area contributed by atoms with Gasteiger partial charge in [-0.2, -0.15) is 0 Å². The van der Waals surface area contributed by atoms with Crippen molar-refractivity contribution in [2.45, 2.75) is 33.6 Å². The molecule has 0 aromatic heterocycles. The highest BCUT2D eigenvalue weighted by Crippen LogP contribution is 2.56. The Kier molecular flexibility index (Phi) is 2.81. The highest BCUT2D eigenvalue weighted by atomic mass is 16.5. The average Bonchev–Trinajstić information content (AvgIpc) is 2.38. The summed E-state index contributed by atoms with van der Waals surface area (Å²) in [6, 6.07) is 0. The van der Waals surface area contributed by atoms with Gasteiger partial charge in [0.1, 0.15) is 0 Å². The first-order valence-electron chi connectivity index (χ1n) is 5.06. The van der Waals surface area contributed by atoms with E-state index in [2.05, 4.69) is 0 Å². The van der Waals surface area contributed by atoms with Crippen LogP contribution in [0.15, 0.2) is 0 Å². The maximum atomic E-state index is 11.7. The topological polar surface area (TPSA) is 66.4 Å². The van der Waals surface area contributed by atoms with Gasteiger partial charge in [0.2, 0.25) is 0 Å². The van der Waals surface area contributed by atoms with Crippen LogP contribution in [-0.4, -0.2) is 19.0 Å². The van der Waals surface area contributed by atoms with Crippen molar-refractivity contribution in [3.05, 3.63) is 0 Å². The second-order valence-corrected chi connectivity index (χ2v) is 4.96. The monoisotopic (exact) mass is 213 g/mol. The fourth-order valence-corrected chi connectivity index (χ4v) is 2.50. The molecule has 0 saturated heterocycles. The predicted molar refractivity (Wildman–Crippen MR) is 51.6 cm³/mol. The lowest BCUT2D eigenvalue weighted by Gasteiger charge is -2.39. The third kappa shape index (κ3) is 1.52. The summed E-state index contributed by atoms with van der Waals surface area (Å²) in [5.41, 5.74) is -1.36. The van der Waals surface area contributed by atoms with Gasteiger partial charge in [0.05, 0.1) is 12.5 Å². The summed E-state index contributed by atoms with van der Waals surface area (Å²) in [4.78, 5) is 22.6. The lowest BCUT2D eigenvalue weighted by atomic mass is 9.66. The zero-order valence-electron chi connectivity index (χ0n) is 9.62. The van der Waals surface area contributed by atoms with E-state index in [1.54, 1.807) is 20.8 Å². The summed E-state index contributed by atoms with van der Waals surface area (Å²) in [6.45, 7) is 5.34. The van der Waals surface area contributed by atoms with E-state index in [1.165, 1.54) is 7.11 Å². The SMILES string of the molecule is COC(=O)[C@@]1(C)CC[C@H](C(=O)[O-])C1(C)C. The second kappa shape index (κ2) is 3.51. The van der Waals surface area contributed by atoms with Crippen molar-refractivity contribution in [1.29, 1.82) is 0 Å². The van der Waals surface area contributed by atoms with Crippen molar-refractivity contribution in [1.82, 2.24) is 0 Å². The van der Waals surface area contributed by atoms with Gasteiger partial charge in [0.25, 0.3) is 0 Å². The first kappa shape index (κ1) is 12.0. The maximum Gasteiger partial charge on any atom is 0.312 e. The van der Waals surface area contributed by atoms with Gasteiger partial charge in [-0.1, -0.05) is 13.8 Å². The molecule has 0 N–H and O–H groups in total. The van der Waals surface area contributed by atoms with Crippen molar-refractivity contribution in [3.63, 3.8) is 0 Å². The molecule has 1 saturated carbocycles. The molecule has 4 nitrogen and oxygen atoms in total. The first-order chi connectivity index (χ1) is 6.77. The molecule has 15 heavy (non-hydrogen) atoms. The van der Waals surface area contributed by atoms with Gasteiger partial charge in [0, 0.05) is 11.9 Å². The highest BCUT2D eigenvalue weighted by molar-refractivity contribution is 5.80. The molecule has 0 aliphatic heterocycles. The normalized spacial score (nSPS) is 33.7. The van der Waals surface area contributed by atoms with Gasteiger partial charge in [0.15, 0.2) is 0 Å². The number of carboxylic acids is 1. The number of ether oxygens (including phenoxy) is 1. The summed E-state index contributed by atoms with van der Waals surface area (Å²) in [6.07, 6.45) is 1.01. The van der Waals surface area contributed by atoms with Gasteiger partial charge in [-0.3, -0.25) is 4.79 Å². The maximum absolute atomic E-state index is 11.7. The smallest absolute Gasteiger partial charge is 0.312 e. The first-order valence-corrected chi connectivity index (χ1v) is 5.06. The number of carboxylic acid groups (broad SMARTS) is 1. The number of rotatable bonds is 2. The predicted octanol–water partition coefficient (Wildman–Crippen LogP) is 0.352. The lowest BCUT2D eigenvalue weighted by molar-refractivity contribution is -0.315. The number of esters is 1. The summed E-state index contributed by atoms with van der Waals surface area (Å²) >= 11 is 0. The van der Waals surface area contributed by atoms with E-state index in [1.807, 2.05) is 0 Å². The van der Waals surface area contributed by atoms with E-state index in [0.29, 0.717) is 12.8 Å². The van der Waals surface area contributed by atoms with E-state index in [-0.39, 0.29) is 5.97 Å². The molecule has 86 valence electrons. The van der Waals surface area contributed by atoms with Crippen LogP contribution in [0.3, 0.4) is 0 Å². The molecule has 0 bridgehead atoms. The molecule has 0 heterocycles. The van der Waals surface area contributed by atoms with Crippen molar-refractivity contribution >= 4 is 11.9 Å². The number of methoxy groups -OCH3 is 1. The van der Waals surface area contributed by atoms with Crippen molar-refractivity contribution in [2.75, 3.05) is 7.11 Å². The van der Waals surface area contributed by atoms with Crippen LogP contribution in [0.1, 0.15) is 33.6 Å².